The SMILES string of the molecule is Cc1cccc(C)c1NS(=O)(=O)c1ccc(NC(=O)/C=C/c2ccc(Cl)cc2)cc1. The van der Waals surface area contributed by atoms with Crippen molar-refractivity contribution in [2.24, 2.45) is 0 Å². The van der Waals surface area contributed by atoms with Gasteiger partial charge in [0.05, 0.1) is 10.6 Å². The molecule has 0 atom stereocenters. The van der Waals surface area contributed by atoms with Crippen molar-refractivity contribution in [3.8, 4) is 0 Å². The molecule has 0 heterocycles. The topological polar surface area (TPSA) is 75.3 Å². The van der Waals surface area contributed by atoms with Crippen molar-refractivity contribution in [2.75, 3.05) is 10.0 Å². The summed E-state index contributed by atoms with van der Waals surface area (Å²) < 4.78 is 28.0. The van der Waals surface area contributed by atoms with Gasteiger partial charge in [0.25, 0.3) is 10.0 Å². The molecule has 0 radical (unpaired) electrons. The van der Waals surface area contributed by atoms with Gasteiger partial charge in [0, 0.05) is 16.8 Å². The molecule has 0 saturated heterocycles. The number of benzene rings is 3. The number of sulfonamides is 1. The fourth-order valence-electron chi connectivity index (χ4n) is 2.82. The monoisotopic (exact) mass is 440 g/mol. The molecule has 3 aromatic carbocycles. The standard InChI is InChI=1S/C23H21ClN2O3S/c1-16-4-3-5-17(2)23(16)26-30(28,29)21-13-11-20(12-14-21)25-22(27)15-8-18-6-9-19(24)10-7-18/h3-15,26H,1-2H3,(H,25,27)/b15-8+. The van der Waals surface area contributed by atoms with Crippen molar-refractivity contribution >= 4 is 45.0 Å². The number of hydrogen-bond donors (Lipinski definition) is 2. The van der Waals surface area contributed by atoms with Crippen LogP contribution in [0.5, 0.6) is 0 Å². The predicted molar refractivity (Wildman–Crippen MR) is 122 cm³/mol. The Balaban J connectivity index is 1.68. The molecule has 1 amide bonds. The van der Waals surface area contributed by atoms with Gasteiger partial charge < -0.3 is 5.32 Å². The van der Waals surface area contributed by atoms with Gasteiger partial charge >= 0.3 is 0 Å². The zero-order chi connectivity index (χ0) is 21.7. The largest absolute Gasteiger partial charge is 0.323 e. The number of halogens is 1. The summed E-state index contributed by atoms with van der Waals surface area (Å²) >= 11 is 5.84. The smallest absolute Gasteiger partial charge is 0.261 e. The Labute approximate surface area is 181 Å². The van der Waals surface area contributed by atoms with Crippen LogP contribution in [0.3, 0.4) is 0 Å². The highest BCUT2D eigenvalue weighted by atomic mass is 35.5. The summed E-state index contributed by atoms with van der Waals surface area (Å²) in [5.74, 6) is -0.325. The highest BCUT2D eigenvalue weighted by Gasteiger charge is 2.16. The van der Waals surface area contributed by atoms with Crippen molar-refractivity contribution in [3.63, 3.8) is 0 Å². The molecule has 0 aliphatic carbocycles. The molecule has 2 N–H and O–H groups in total. The molecule has 154 valence electrons. The second-order valence-electron chi connectivity index (χ2n) is 6.77. The molecule has 5 nitrogen and oxygen atoms in total. The number of nitrogens with one attached hydrogen (secondary N) is 2. The zero-order valence-electron chi connectivity index (χ0n) is 16.5. The molecule has 0 aliphatic heterocycles. The normalized spacial score (nSPS) is 11.4. The third-order valence-electron chi connectivity index (χ3n) is 4.45. The molecule has 3 rings (SSSR count). The molecule has 7 heteroatoms. The molecule has 0 unspecified atom stereocenters. The number of rotatable bonds is 6. The van der Waals surface area contributed by atoms with Gasteiger partial charge in [-0.15, -0.1) is 0 Å². The second kappa shape index (κ2) is 9.15. The molecule has 0 aliphatic rings. The van der Waals surface area contributed by atoms with E-state index in [9.17, 15) is 13.2 Å². The van der Waals surface area contributed by atoms with Crippen LogP contribution in [0.2, 0.25) is 5.02 Å². The highest BCUT2D eigenvalue weighted by Crippen LogP contribution is 2.24. The first-order valence-electron chi connectivity index (χ1n) is 9.18. The summed E-state index contributed by atoms with van der Waals surface area (Å²) in [6.45, 7) is 3.70. The van der Waals surface area contributed by atoms with Crippen molar-refractivity contribution in [1.82, 2.24) is 0 Å². The van der Waals surface area contributed by atoms with Crippen LogP contribution in [0.25, 0.3) is 6.08 Å². The lowest BCUT2D eigenvalue weighted by molar-refractivity contribution is -0.111. The average Bonchev–Trinajstić information content (AvgIpc) is 2.71. The molecular formula is C23H21ClN2O3S. The van der Waals surface area contributed by atoms with Gasteiger partial charge in [0.15, 0.2) is 0 Å². The number of carbonyl (C=O) groups excluding carboxylic acids is 1. The van der Waals surface area contributed by atoms with Gasteiger partial charge in [0.2, 0.25) is 5.91 Å². The lowest BCUT2D eigenvalue weighted by Gasteiger charge is -2.13. The Morgan fingerprint density at radius 2 is 1.50 bits per heavy atom. The number of aryl methyl sites for hydroxylation is 2. The summed E-state index contributed by atoms with van der Waals surface area (Å²) in [7, 11) is -3.74. The molecular weight excluding hydrogens is 420 g/mol. The summed E-state index contributed by atoms with van der Waals surface area (Å²) in [6.07, 6.45) is 3.06. The Hall–Kier alpha value is -3.09. The van der Waals surface area contributed by atoms with Crippen LogP contribution < -0.4 is 10.0 Å². The lowest BCUT2D eigenvalue weighted by Crippen LogP contribution is -2.15. The first-order valence-corrected chi connectivity index (χ1v) is 11.0. The molecule has 0 bridgehead atoms. The minimum absolute atomic E-state index is 0.111. The van der Waals surface area contributed by atoms with E-state index >= 15 is 0 Å². The number of anilines is 2. The number of para-hydroxylation sites is 1. The third-order valence-corrected chi connectivity index (χ3v) is 6.06. The van der Waals surface area contributed by atoms with Crippen molar-refractivity contribution < 1.29 is 13.2 Å². The van der Waals surface area contributed by atoms with E-state index in [1.54, 1.807) is 42.5 Å². The summed E-state index contributed by atoms with van der Waals surface area (Å²) in [6, 6.07) is 18.7. The summed E-state index contributed by atoms with van der Waals surface area (Å²) in [5.41, 5.74) is 3.59. The molecule has 3 aromatic rings. The molecule has 0 saturated carbocycles. The van der Waals surface area contributed by atoms with Gasteiger partial charge in [-0.1, -0.05) is 41.9 Å². The van der Waals surface area contributed by atoms with Gasteiger partial charge in [-0.25, -0.2) is 8.42 Å². The van der Waals surface area contributed by atoms with Gasteiger partial charge in [-0.2, -0.15) is 0 Å². The van der Waals surface area contributed by atoms with E-state index in [-0.39, 0.29) is 10.8 Å². The van der Waals surface area contributed by atoms with E-state index in [1.807, 2.05) is 32.0 Å². The van der Waals surface area contributed by atoms with Crippen LogP contribution in [-0.4, -0.2) is 14.3 Å². The van der Waals surface area contributed by atoms with Crippen LogP contribution >= 0.6 is 11.6 Å². The predicted octanol–water partition coefficient (Wildman–Crippen LogP) is 5.41. The minimum Gasteiger partial charge on any atom is -0.323 e. The van der Waals surface area contributed by atoms with Crippen LogP contribution in [0.4, 0.5) is 11.4 Å². The van der Waals surface area contributed by atoms with Crippen LogP contribution in [-0.2, 0) is 14.8 Å². The third kappa shape index (κ3) is 5.49. The Bertz CT molecular complexity index is 1170. The van der Waals surface area contributed by atoms with Gasteiger partial charge in [-0.3, -0.25) is 9.52 Å². The number of carbonyl (C=O) groups is 1. The maximum absolute atomic E-state index is 12.7. The van der Waals surface area contributed by atoms with E-state index in [2.05, 4.69) is 10.0 Å². The molecule has 0 spiro atoms. The molecule has 0 fully saturated rings. The van der Waals surface area contributed by atoms with E-state index in [0.717, 1.165) is 16.7 Å². The quantitative estimate of drug-likeness (QED) is 0.503. The van der Waals surface area contributed by atoms with Gasteiger partial charge in [0.1, 0.15) is 0 Å². The van der Waals surface area contributed by atoms with Crippen molar-refractivity contribution in [3.05, 3.63) is 94.5 Å². The fraction of sp³-hybridized carbons (Fsp3) is 0.0870. The number of amides is 1. The zero-order valence-corrected chi connectivity index (χ0v) is 18.1. The summed E-state index contributed by atoms with van der Waals surface area (Å²) in [4.78, 5) is 12.2. The average molecular weight is 441 g/mol. The van der Waals surface area contributed by atoms with E-state index in [4.69, 9.17) is 11.6 Å². The maximum atomic E-state index is 12.7. The Morgan fingerprint density at radius 1 is 0.900 bits per heavy atom. The van der Waals surface area contributed by atoms with Crippen LogP contribution in [0.1, 0.15) is 16.7 Å². The molecule has 30 heavy (non-hydrogen) atoms. The van der Waals surface area contributed by atoms with Crippen LogP contribution in [0.15, 0.2) is 77.7 Å². The van der Waals surface area contributed by atoms with Gasteiger partial charge in [-0.05, 0) is 73.0 Å². The maximum Gasteiger partial charge on any atom is 0.261 e. The fourth-order valence-corrected chi connectivity index (χ4v) is 4.14. The van der Waals surface area contributed by atoms with E-state index < -0.39 is 10.0 Å². The van der Waals surface area contributed by atoms with Crippen molar-refractivity contribution in [2.45, 2.75) is 18.7 Å². The van der Waals surface area contributed by atoms with E-state index in [1.165, 1.54) is 18.2 Å². The van der Waals surface area contributed by atoms with Crippen LogP contribution in [0, 0.1) is 13.8 Å². The van der Waals surface area contributed by atoms with E-state index in [0.29, 0.717) is 16.4 Å². The first kappa shape index (κ1) is 21.6. The minimum atomic E-state index is -3.74. The number of hydrogen-bond acceptors (Lipinski definition) is 3. The Kier molecular flexibility index (Phi) is 6.59. The Morgan fingerprint density at radius 3 is 2.10 bits per heavy atom. The molecule has 0 aromatic heterocycles. The van der Waals surface area contributed by atoms with Crippen molar-refractivity contribution in [1.29, 1.82) is 0 Å². The first-order chi connectivity index (χ1) is 14.2. The summed E-state index contributed by atoms with van der Waals surface area (Å²) in [5, 5.41) is 3.33. The highest BCUT2D eigenvalue weighted by molar-refractivity contribution is 7.92. The second-order valence-corrected chi connectivity index (χ2v) is 8.89. The lowest BCUT2D eigenvalue weighted by atomic mass is 10.1.